The van der Waals surface area contributed by atoms with Crippen LogP contribution in [0.1, 0.15) is 11.1 Å². The molecule has 0 heterocycles. The van der Waals surface area contributed by atoms with Crippen molar-refractivity contribution in [3.63, 3.8) is 0 Å². The predicted octanol–water partition coefficient (Wildman–Crippen LogP) is 2.50. The SMILES string of the molecule is COc1ccc(CN=C(N)NCCc2ccc(OC)c(OC)c2)cc1F. The maximum Gasteiger partial charge on any atom is 0.188 e. The molecule has 2 aromatic carbocycles. The summed E-state index contributed by atoms with van der Waals surface area (Å²) in [6.45, 7) is 0.901. The Hall–Kier alpha value is -2.96. The molecule has 140 valence electrons. The van der Waals surface area contributed by atoms with Crippen LogP contribution in [-0.4, -0.2) is 33.8 Å². The average molecular weight is 361 g/mol. The van der Waals surface area contributed by atoms with Gasteiger partial charge in [-0.25, -0.2) is 9.38 Å². The van der Waals surface area contributed by atoms with Gasteiger partial charge in [-0.2, -0.15) is 0 Å². The number of rotatable bonds is 8. The van der Waals surface area contributed by atoms with E-state index in [-0.39, 0.29) is 12.3 Å². The molecule has 0 aliphatic carbocycles. The Morgan fingerprint density at radius 1 is 0.962 bits per heavy atom. The highest BCUT2D eigenvalue weighted by molar-refractivity contribution is 5.77. The van der Waals surface area contributed by atoms with Gasteiger partial charge >= 0.3 is 0 Å². The number of nitrogens with two attached hydrogens (primary N) is 1. The highest BCUT2D eigenvalue weighted by Gasteiger charge is 2.05. The molecule has 2 aromatic rings. The zero-order chi connectivity index (χ0) is 18.9. The van der Waals surface area contributed by atoms with E-state index in [1.54, 1.807) is 26.4 Å². The summed E-state index contributed by atoms with van der Waals surface area (Å²) in [4.78, 5) is 4.21. The Bertz CT molecular complexity index is 766. The topological polar surface area (TPSA) is 78.1 Å². The van der Waals surface area contributed by atoms with Crippen LogP contribution in [0.2, 0.25) is 0 Å². The van der Waals surface area contributed by atoms with Crippen LogP contribution in [0.15, 0.2) is 41.4 Å². The fraction of sp³-hybridized carbons (Fsp3) is 0.316. The number of nitrogens with one attached hydrogen (secondary N) is 1. The van der Waals surface area contributed by atoms with Crippen molar-refractivity contribution in [1.82, 2.24) is 5.32 Å². The number of halogens is 1. The van der Waals surface area contributed by atoms with Crippen molar-refractivity contribution in [2.45, 2.75) is 13.0 Å². The molecule has 0 saturated carbocycles. The molecule has 0 aliphatic rings. The second-order valence-corrected chi connectivity index (χ2v) is 5.54. The number of hydrogen-bond acceptors (Lipinski definition) is 4. The van der Waals surface area contributed by atoms with Crippen LogP contribution in [-0.2, 0) is 13.0 Å². The Morgan fingerprint density at radius 3 is 2.27 bits per heavy atom. The molecule has 0 aliphatic heterocycles. The van der Waals surface area contributed by atoms with Crippen LogP contribution in [0.5, 0.6) is 17.2 Å². The molecule has 0 radical (unpaired) electrons. The maximum absolute atomic E-state index is 13.6. The first-order valence-corrected chi connectivity index (χ1v) is 8.14. The largest absolute Gasteiger partial charge is 0.494 e. The first-order chi connectivity index (χ1) is 12.6. The van der Waals surface area contributed by atoms with Crippen LogP contribution < -0.4 is 25.3 Å². The van der Waals surface area contributed by atoms with E-state index in [9.17, 15) is 4.39 Å². The van der Waals surface area contributed by atoms with Gasteiger partial charge in [-0.15, -0.1) is 0 Å². The number of methoxy groups -OCH3 is 3. The quantitative estimate of drug-likeness (QED) is 0.558. The molecule has 3 N–H and O–H groups in total. The van der Waals surface area contributed by atoms with Crippen molar-refractivity contribution < 1.29 is 18.6 Å². The first-order valence-electron chi connectivity index (χ1n) is 8.14. The number of ether oxygens (including phenoxy) is 3. The van der Waals surface area contributed by atoms with Crippen molar-refractivity contribution in [3.05, 3.63) is 53.3 Å². The molecule has 0 fully saturated rings. The lowest BCUT2D eigenvalue weighted by Gasteiger charge is -2.10. The summed E-state index contributed by atoms with van der Waals surface area (Å²) in [5.74, 6) is 1.48. The van der Waals surface area contributed by atoms with Gasteiger partial charge in [0.15, 0.2) is 29.0 Å². The van der Waals surface area contributed by atoms with E-state index in [2.05, 4.69) is 10.3 Å². The van der Waals surface area contributed by atoms with Gasteiger partial charge in [-0.1, -0.05) is 12.1 Å². The minimum Gasteiger partial charge on any atom is -0.494 e. The summed E-state index contributed by atoms with van der Waals surface area (Å²) in [6.07, 6.45) is 0.744. The Balaban J connectivity index is 1.85. The van der Waals surface area contributed by atoms with Crippen molar-refractivity contribution in [1.29, 1.82) is 0 Å². The minimum absolute atomic E-state index is 0.207. The van der Waals surface area contributed by atoms with Crippen molar-refractivity contribution in [3.8, 4) is 17.2 Å². The molecule has 0 bridgehead atoms. The minimum atomic E-state index is -0.416. The van der Waals surface area contributed by atoms with E-state index < -0.39 is 5.82 Å². The highest BCUT2D eigenvalue weighted by atomic mass is 19.1. The maximum atomic E-state index is 13.6. The monoisotopic (exact) mass is 361 g/mol. The zero-order valence-electron chi connectivity index (χ0n) is 15.2. The summed E-state index contributed by atoms with van der Waals surface area (Å²) in [5.41, 5.74) is 7.66. The average Bonchev–Trinajstić information content (AvgIpc) is 2.66. The van der Waals surface area contributed by atoms with Gasteiger partial charge in [0.1, 0.15) is 0 Å². The summed E-state index contributed by atoms with van der Waals surface area (Å²) in [7, 11) is 4.63. The number of hydrogen-bond donors (Lipinski definition) is 2. The molecule has 0 unspecified atom stereocenters. The zero-order valence-corrected chi connectivity index (χ0v) is 15.2. The number of nitrogens with zero attached hydrogens (tertiary/aromatic N) is 1. The van der Waals surface area contributed by atoms with Crippen LogP contribution in [0.25, 0.3) is 0 Å². The van der Waals surface area contributed by atoms with Crippen LogP contribution in [0.3, 0.4) is 0 Å². The Morgan fingerprint density at radius 2 is 1.62 bits per heavy atom. The van der Waals surface area contributed by atoms with Crippen LogP contribution in [0, 0.1) is 5.82 Å². The van der Waals surface area contributed by atoms with E-state index in [4.69, 9.17) is 19.9 Å². The predicted molar refractivity (Wildman–Crippen MR) is 99.5 cm³/mol. The molecule has 26 heavy (non-hydrogen) atoms. The van der Waals surface area contributed by atoms with Gasteiger partial charge in [-0.3, -0.25) is 0 Å². The molecule has 0 atom stereocenters. The fourth-order valence-electron chi connectivity index (χ4n) is 2.41. The third-order valence-electron chi connectivity index (χ3n) is 3.82. The molecular weight excluding hydrogens is 337 g/mol. The number of benzene rings is 2. The lowest BCUT2D eigenvalue weighted by Crippen LogP contribution is -2.33. The standard InChI is InChI=1S/C19H24FN3O3/c1-24-16-6-5-14(10-15(16)20)12-23-19(21)22-9-8-13-4-7-17(25-2)18(11-13)26-3/h4-7,10-11H,8-9,12H2,1-3H3,(H3,21,22,23). The van der Waals surface area contributed by atoms with Gasteiger partial charge in [-0.05, 0) is 41.8 Å². The second kappa shape index (κ2) is 9.50. The summed E-state index contributed by atoms with van der Waals surface area (Å²) < 4.78 is 29.0. The van der Waals surface area contributed by atoms with Gasteiger partial charge in [0, 0.05) is 6.54 Å². The fourth-order valence-corrected chi connectivity index (χ4v) is 2.41. The smallest absolute Gasteiger partial charge is 0.188 e. The molecule has 0 aromatic heterocycles. The lowest BCUT2D eigenvalue weighted by molar-refractivity contribution is 0.354. The van der Waals surface area contributed by atoms with Crippen molar-refractivity contribution in [2.24, 2.45) is 10.7 Å². The van der Waals surface area contributed by atoms with E-state index in [0.717, 1.165) is 12.0 Å². The van der Waals surface area contributed by atoms with Crippen LogP contribution in [0.4, 0.5) is 4.39 Å². The van der Waals surface area contributed by atoms with Gasteiger partial charge in [0.05, 0.1) is 27.9 Å². The summed E-state index contributed by atoms with van der Waals surface area (Å²) in [6, 6.07) is 10.5. The van der Waals surface area contributed by atoms with E-state index >= 15 is 0 Å². The van der Waals surface area contributed by atoms with E-state index in [1.165, 1.54) is 13.2 Å². The van der Waals surface area contributed by atoms with E-state index in [1.807, 2.05) is 18.2 Å². The van der Waals surface area contributed by atoms with Crippen molar-refractivity contribution >= 4 is 5.96 Å². The molecule has 7 heteroatoms. The summed E-state index contributed by atoms with van der Waals surface area (Å²) in [5, 5.41) is 3.04. The first kappa shape index (κ1) is 19.4. The van der Waals surface area contributed by atoms with Crippen molar-refractivity contribution in [2.75, 3.05) is 27.9 Å². The van der Waals surface area contributed by atoms with Gasteiger partial charge in [0.2, 0.25) is 0 Å². The molecule has 0 saturated heterocycles. The highest BCUT2D eigenvalue weighted by Crippen LogP contribution is 2.27. The summed E-state index contributed by atoms with van der Waals surface area (Å²) >= 11 is 0. The Labute approximate surface area is 152 Å². The second-order valence-electron chi connectivity index (χ2n) is 5.54. The van der Waals surface area contributed by atoms with Crippen LogP contribution >= 0.6 is 0 Å². The third kappa shape index (κ3) is 5.27. The molecule has 6 nitrogen and oxygen atoms in total. The molecule has 0 spiro atoms. The molecular formula is C19H24FN3O3. The van der Waals surface area contributed by atoms with E-state index in [0.29, 0.717) is 29.6 Å². The van der Waals surface area contributed by atoms with Gasteiger partial charge < -0.3 is 25.3 Å². The third-order valence-corrected chi connectivity index (χ3v) is 3.82. The van der Waals surface area contributed by atoms with Gasteiger partial charge in [0.25, 0.3) is 0 Å². The number of aliphatic imine (C=N–C) groups is 1. The molecule has 2 rings (SSSR count). The molecule has 0 amide bonds. The Kier molecular flexibility index (Phi) is 7.08. The number of guanidine groups is 1. The normalized spacial score (nSPS) is 11.2. The lowest BCUT2D eigenvalue weighted by atomic mass is 10.1.